The lowest BCUT2D eigenvalue weighted by molar-refractivity contribution is -0.145. The number of amides is 2. The molecule has 0 bridgehead atoms. The summed E-state index contributed by atoms with van der Waals surface area (Å²) in [7, 11) is 3.03. The molecule has 13 heteroatoms. The van der Waals surface area contributed by atoms with Gasteiger partial charge in [-0.1, -0.05) is 13.8 Å². The van der Waals surface area contributed by atoms with E-state index in [0.29, 0.717) is 68.1 Å². The van der Waals surface area contributed by atoms with Crippen LogP contribution in [0.3, 0.4) is 0 Å². The Morgan fingerprint density at radius 3 is 1.77 bits per heavy atom. The third kappa shape index (κ3) is 7.46. The van der Waals surface area contributed by atoms with E-state index in [1.807, 2.05) is 12.1 Å². The van der Waals surface area contributed by atoms with Gasteiger partial charge in [0.1, 0.15) is 0 Å². The Morgan fingerprint density at radius 2 is 1.23 bits per heavy atom. The van der Waals surface area contributed by atoms with Crippen molar-refractivity contribution in [1.82, 2.24) is 14.8 Å². The first kappa shape index (κ1) is 31.4. The average molecular weight is 600 g/mol. The Balaban J connectivity index is 1.30. The summed E-state index contributed by atoms with van der Waals surface area (Å²) in [6.07, 6.45) is 0.383. The van der Waals surface area contributed by atoms with Crippen molar-refractivity contribution in [2.24, 2.45) is 11.8 Å². The van der Waals surface area contributed by atoms with Gasteiger partial charge in [0.05, 0.1) is 51.5 Å². The van der Waals surface area contributed by atoms with Gasteiger partial charge in [0.15, 0.2) is 17.2 Å². The number of carbonyl (C=O) groups is 4. The van der Waals surface area contributed by atoms with E-state index < -0.39 is 23.8 Å². The first-order valence-electron chi connectivity index (χ1n) is 14.0. The predicted octanol–water partition coefficient (Wildman–Crippen LogP) is 2.85. The van der Waals surface area contributed by atoms with Crippen molar-refractivity contribution in [1.29, 1.82) is 0 Å². The molecule has 2 aliphatic heterocycles. The van der Waals surface area contributed by atoms with E-state index in [9.17, 15) is 19.2 Å². The SMILES string of the molecule is COc1cc2c(cc1OCCCOc1cc3c(nc1OC)CN(C(=O)CC(C)C(=O)O)C3)CN(C(=O)CC(C)C(=O)O)C2. The van der Waals surface area contributed by atoms with Crippen LogP contribution in [0.5, 0.6) is 23.1 Å². The van der Waals surface area contributed by atoms with Crippen molar-refractivity contribution >= 4 is 23.8 Å². The van der Waals surface area contributed by atoms with Gasteiger partial charge in [-0.3, -0.25) is 19.2 Å². The Kier molecular flexibility index (Phi) is 9.94. The summed E-state index contributed by atoms with van der Waals surface area (Å²) in [4.78, 5) is 55.1. The summed E-state index contributed by atoms with van der Waals surface area (Å²) in [6, 6.07) is 5.48. The molecule has 0 spiro atoms. The molecule has 1 aromatic carbocycles. The summed E-state index contributed by atoms with van der Waals surface area (Å²) < 4.78 is 22.8. The van der Waals surface area contributed by atoms with Gasteiger partial charge in [0.2, 0.25) is 11.8 Å². The molecule has 0 saturated heterocycles. The summed E-state index contributed by atoms with van der Waals surface area (Å²) in [5.41, 5.74) is 3.35. The molecule has 232 valence electrons. The summed E-state index contributed by atoms with van der Waals surface area (Å²) >= 11 is 0. The lowest BCUT2D eigenvalue weighted by Crippen LogP contribution is -2.28. The van der Waals surface area contributed by atoms with Crippen molar-refractivity contribution in [3.05, 3.63) is 40.6 Å². The largest absolute Gasteiger partial charge is 0.493 e. The number of carbonyl (C=O) groups excluding carboxylic acids is 2. The van der Waals surface area contributed by atoms with Crippen LogP contribution in [0.4, 0.5) is 0 Å². The highest BCUT2D eigenvalue weighted by molar-refractivity contribution is 5.83. The molecule has 1 aromatic heterocycles. The number of methoxy groups -OCH3 is 2. The molecular formula is C30H37N3O10. The van der Waals surface area contributed by atoms with Gasteiger partial charge in [-0.2, -0.15) is 0 Å². The number of aliphatic carboxylic acids is 2. The fraction of sp³-hybridized carbons (Fsp3) is 0.500. The highest BCUT2D eigenvalue weighted by Crippen LogP contribution is 2.36. The van der Waals surface area contributed by atoms with E-state index >= 15 is 0 Å². The van der Waals surface area contributed by atoms with Gasteiger partial charge in [-0.15, -0.1) is 0 Å². The van der Waals surface area contributed by atoms with Gasteiger partial charge in [-0.25, -0.2) is 4.98 Å². The maximum absolute atomic E-state index is 12.6. The van der Waals surface area contributed by atoms with Crippen molar-refractivity contribution in [3.8, 4) is 23.1 Å². The molecule has 2 amide bonds. The summed E-state index contributed by atoms with van der Waals surface area (Å²) in [5, 5.41) is 18.2. The molecule has 0 fully saturated rings. The molecule has 0 radical (unpaired) electrons. The molecule has 4 rings (SSSR count). The van der Waals surface area contributed by atoms with Crippen molar-refractivity contribution in [2.45, 2.75) is 59.3 Å². The minimum absolute atomic E-state index is 0.0587. The highest BCUT2D eigenvalue weighted by atomic mass is 16.5. The third-order valence-electron chi connectivity index (χ3n) is 7.54. The molecule has 13 nitrogen and oxygen atoms in total. The van der Waals surface area contributed by atoms with E-state index in [2.05, 4.69) is 4.98 Å². The lowest BCUT2D eigenvalue weighted by Gasteiger charge is -2.16. The number of ether oxygens (including phenoxy) is 4. The second kappa shape index (κ2) is 13.6. The third-order valence-corrected chi connectivity index (χ3v) is 7.54. The molecule has 0 saturated carbocycles. The number of aromatic nitrogens is 1. The molecule has 2 atom stereocenters. The van der Waals surface area contributed by atoms with Crippen LogP contribution in [-0.2, 0) is 45.4 Å². The number of pyridine rings is 1. The number of rotatable bonds is 14. The van der Waals surface area contributed by atoms with Gasteiger partial charge < -0.3 is 39.0 Å². The smallest absolute Gasteiger partial charge is 0.306 e. The lowest BCUT2D eigenvalue weighted by atomic mass is 10.1. The number of benzene rings is 1. The molecule has 2 aromatic rings. The average Bonchev–Trinajstić information content (AvgIpc) is 3.59. The van der Waals surface area contributed by atoms with Gasteiger partial charge in [-0.05, 0) is 34.9 Å². The van der Waals surface area contributed by atoms with Crippen LogP contribution >= 0.6 is 0 Å². The quantitative estimate of drug-likeness (QED) is 0.307. The topological polar surface area (TPSA) is 165 Å². The highest BCUT2D eigenvalue weighted by Gasteiger charge is 2.30. The van der Waals surface area contributed by atoms with Crippen LogP contribution in [0, 0.1) is 11.8 Å². The zero-order valence-electron chi connectivity index (χ0n) is 24.8. The Morgan fingerprint density at radius 1 is 0.744 bits per heavy atom. The van der Waals surface area contributed by atoms with E-state index in [1.165, 1.54) is 21.0 Å². The molecule has 2 unspecified atom stereocenters. The molecule has 3 heterocycles. The minimum Gasteiger partial charge on any atom is -0.493 e. The molecular weight excluding hydrogens is 562 g/mol. The van der Waals surface area contributed by atoms with E-state index in [0.717, 1.165) is 16.7 Å². The summed E-state index contributed by atoms with van der Waals surface area (Å²) in [6.45, 7) is 4.99. The number of carboxylic acids is 2. The maximum Gasteiger partial charge on any atom is 0.306 e. The molecule has 0 aliphatic carbocycles. The van der Waals surface area contributed by atoms with Crippen molar-refractivity contribution in [3.63, 3.8) is 0 Å². The van der Waals surface area contributed by atoms with Crippen molar-refractivity contribution < 1.29 is 48.3 Å². The van der Waals surface area contributed by atoms with Crippen LogP contribution in [-0.4, -0.2) is 76.2 Å². The fourth-order valence-electron chi connectivity index (χ4n) is 4.93. The molecule has 2 aliphatic rings. The predicted molar refractivity (Wildman–Crippen MR) is 151 cm³/mol. The first-order chi connectivity index (χ1) is 20.5. The summed E-state index contributed by atoms with van der Waals surface area (Å²) in [5.74, 6) is -2.19. The minimum atomic E-state index is -1.01. The van der Waals surface area contributed by atoms with Gasteiger partial charge in [0, 0.05) is 38.9 Å². The molecule has 43 heavy (non-hydrogen) atoms. The standard InChI is InChI=1S/C30H37N3O10/c1-17(29(36)37)8-26(34)32-13-19-10-23(40-3)24(11-20(19)14-32)42-6-5-7-43-25-12-21-15-33(16-22(21)31-28(25)41-4)27(35)9-18(2)30(38)39/h10-12,17-18H,5-9,13-16H2,1-4H3,(H,36,37)(H,38,39). The Labute approximate surface area is 249 Å². The number of fused-ring (bicyclic) bond motifs is 2. The number of hydrogen-bond acceptors (Lipinski definition) is 9. The Bertz CT molecular complexity index is 1290. The van der Waals surface area contributed by atoms with Crippen LogP contribution < -0.4 is 18.9 Å². The second-order valence-electron chi connectivity index (χ2n) is 10.8. The number of nitrogens with zero attached hydrogens (tertiary/aromatic N) is 3. The van der Waals surface area contributed by atoms with Crippen LogP contribution in [0.2, 0.25) is 0 Å². The van der Waals surface area contributed by atoms with E-state index in [4.69, 9.17) is 29.2 Å². The monoisotopic (exact) mass is 599 g/mol. The van der Waals surface area contributed by atoms with Crippen LogP contribution in [0.25, 0.3) is 0 Å². The van der Waals surface area contributed by atoms with Crippen LogP contribution in [0.15, 0.2) is 18.2 Å². The van der Waals surface area contributed by atoms with E-state index in [-0.39, 0.29) is 31.2 Å². The number of hydrogen-bond donors (Lipinski definition) is 2. The zero-order chi connectivity index (χ0) is 31.3. The second-order valence-corrected chi connectivity index (χ2v) is 10.8. The first-order valence-corrected chi connectivity index (χ1v) is 14.0. The zero-order valence-corrected chi connectivity index (χ0v) is 24.8. The molecule has 2 N–H and O–H groups in total. The fourth-order valence-corrected chi connectivity index (χ4v) is 4.93. The normalized spacial score (nSPS) is 14.9. The Hall–Kier alpha value is -4.55. The number of carboxylic acid groups (broad SMARTS) is 2. The van der Waals surface area contributed by atoms with Crippen LogP contribution in [0.1, 0.15) is 55.5 Å². The van der Waals surface area contributed by atoms with Gasteiger partial charge in [0.25, 0.3) is 5.88 Å². The van der Waals surface area contributed by atoms with E-state index in [1.54, 1.807) is 23.0 Å². The van der Waals surface area contributed by atoms with Crippen molar-refractivity contribution in [2.75, 3.05) is 27.4 Å². The maximum atomic E-state index is 12.6. The van der Waals surface area contributed by atoms with Gasteiger partial charge >= 0.3 is 11.9 Å².